The number of carbonyl (C=O) groups excluding carboxylic acids is 1. The van der Waals surface area contributed by atoms with Crippen molar-refractivity contribution < 1.29 is 4.79 Å². The summed E-state index contributed by atoms with van der Waals surface area (Å²) in [6.45, 7) is 2.35. The molecule has 1 aromatic heterocycles. The van der Waals surface area contributed by atoms with Crippen LogP contribution in [0.4, 0.5) is 0 Å². The van der Waals surface area contributed by atoms with E-state index >= 15 is 0 Å². The van der Waals surface area contributed by atoms with Crippen molar-refractivity contribution in [3.05, 3.63) is 18.2 Å². The molecule has 0 fully saturated rings. The molecule has 0 aliphatic carbocycles. The Labute approximate surface area is 77.8 Å². The minimum Gasteiger partial charge on any atom is -0.332 e. The number of carbonyl (C=O) groups is 1. The van der Waals surface area contributed by atoms with E-state index in [-0.39, 0.29) is 11.7 Å². The third-order valence-electron chi connectivity index (χ3n) is 2.19. The molecule has 4 nitrogen and oxygen atoms in total. The van der Waals surface area contributed by atoms with Gasteiger partial charge in [-0.1, -0.05) is 6.92 Å². The first kappa shape index (κ1) is 9.92. The summed E-state index contributed by atoms with van der Waals surface area (Å²) in [5.41, 5.74) is 5.48. The topological polar surface area (TPSA) is 60.9 Å². The Hall–Kier alpha value is -1.16. The summed E-state index contributed by atoms with van der Waals surface area (Å²) in [5, 5.41) is 0. The zero-order valence-corrected chi connectivity index (χ0v) is 8.03. The van der Waals surface area contributed by atoms with Crippen LogP contribution in [-0.4, -0.2) is 21.9 Å². The lowest BCUT2D eigenvalue weighted by molar-refractivity contribution is 0.0907. The number of rotatable bonds is 4. The van der Waals surface area contributed by atoms with Gasteiger partial charge in [-0.25, -0.2) is 4.98 Å². The van der Waals surface area contributed by atoms with E-state index in [2.05, 4.69) is 4.98 Å². The lowest BCUT2D eigenvalue weighted by Crippen LogP contribution is -2.25. The molecule has 0 aliphatic rings. The SMILES string of the molecule is CCC(CN)C(=O)c1nccn1C. The van der Waals surface area contributed by atoms with Gasteiger partial charge >= 0.3 is 0 Å². The Morgan fingerprint density at radius 2 is 2.46 bits per heavy atom. The van der Waals surface area contributed by atoms with Gasteiger partial charge in [-0.3, -0.25) is 4.79 Å². The highest BCUT2D eigenvalue weighted by molar-refractivity contribution is 5.94. The smallest absolute Gasteiger partial charge is 0.202 e. The third-order valence-corrected chi connectivity index (χ3v) is 2.19. The van der Waals surface area contributed by atoms with Crippen LogP contribution in [0.5, 0.6) is 0 Å². The van der Waals surface area contributed by atoms with Gasteiger partial charge in [-0.2, -0.15) is 0 Å². The molecule has 1 rings (SSSR count). The van der Waals surface area contributed by atoms with Gasteiger partial charge in [0.05, 0.1) is 0 Å². The number of nitrogens with two attached hydrogens (primary N) is 1. The highest BCUT2D eigenvalue weighted by Gasteiger charge is 2.19. The minimum absolute atomic E-state index is 0.0394. The van der Waals surface area contributed by atoms with Crippen molar-refractivity contribution in [3.63, 3.8) is 0 Å². The van der Waals surface area contributed by atoms with Gasteiger partial charge in [0.1, 0.15) is 0 Å². The van der Waals surface area contributed by atoms with Crippen molar-refractivity contribution >= 4 is 5.78 Å². The zero-order chi connectivity index (χ0) is 9.84. The number of ketones is 1. The number of hydrogen-bond donors (Lipinski definition) is 1. The van der Waals surface area contributed by atoms with Gasteiger partial charge in [-0.05, 0) is 6.42 Å². The Morgan fingerprint density at radius 3 is 2.85 bits per heavy atom. The molecule has 0 bridgehead atoms. The molecular formula is C9H15N3O. The Kier molecular flexibility index (Phi) is 3.19. The number of nitrogens with zero attached hydrogens (tertiary/aromatic N) is 2. The summed E-state index contributed by atoms with van der Waals surface area (Å²) < 4.78 is 1.72. The molecule has 0 saturated heterocycles. The number of aryl methyl sites for hydroxylation is 1. The Morgan fingerprint density at radius 1 is 1.77 bits per heavy atom. The normalized spacial score (nSPS) is 12.8. The molecule has 1 unspecified atom stereocenters. The molecule has 0 aliphatic heterocycles. The first-order chi connectivity index (χ1) is 6.20. The van der Waals surface area contributed by atoms with Crippen molar-refractivity contribution in [2.75, 3.05) is 6.54 Å². The number of imidazole rings is 1. The molecule has 1 atom stereocenters. The zero-order valence-electron chi connectivity index (χ0n) is 8.03. The van der Waals surface area contributed by atoms with Gasteiger partial charge < -0.3 is 10.3 Å². The van der Waals surface area contributed by atoms with E-state index in [4.69, 9.17) is 5.73 Å². The summed E-state index contributed by atoms with van der Waals surface area (Å²) in [7, 11) is 1.81. The van der Waals surface area contributed by atoms with Crippen LogP contribution in [0.25, 0.3) is 0 Å². The molecule has 4 heteroatoms. The van der Waals surface area contributed by atoms with Crippen LogP contribution >= 0.6 is 0 Å². The van der Waals surface area contributed by atoms with Crippen LogP contribution in [0.3, 0.4) is 0 Å². The lowest BCUT2D eigenvalue weighted by atomic mass is 10.0. The highest BCUT2D eigenvalue weighted by atomic mass is 16.1. The summed E-state index contributed by atoms with van der Waals surface area (Å²) >= 11 is 0. The number of hydrogen-bond acceptors (Lipinski definition) is 3. The van der Waals surface area contributed by atoms with Gasteiger partial charge in [-0.15, -0.1) is 0 Å². The highest BCUT2D eigenvalue weighted by Crippen LogP contribution is 2.08. The fourth-order valence-corrected chi connectivity index (χ4v) is 1.24. The first-order valence-corrected chi connectivity index (χ1v) is 4.42. The van der Waals surface area contributed by atoms with E-state index in [0.29, 0.717) is 12.4 Å². The molecule has 0 saturated carbocycles. The van der Waals surface area contributed by atoms with Crippen LogP contribution in [0.15, 0.2) is 12.4 Å². The molecule has 1 heterocycles. The maximum atomic E-state index is 11.7. The number of Topliss-reactive ketones (excluding diaryl/α,β-unsaturated/α-hetero) is 1. The van der Waals surface area contributed by atoms with E-state index in [1.54, 1.807) is 17.0 Å². The van der Waals surface area contributed by atoms with Gasteiger partial charge in [0, 0.05) is 31.9 Å². The molecule has 2 N–H and O–H groups in total. The van der Waals surface area contributed by atoms with E-state index in [9.17, 15) is 4.79 Å². The van der Waals surface area contributed by atoms with Crippen molar-refractivity contribution in [2.24, 2.45) is 18.7 Å². The van der Waals surface area contributed by atoms with Crippen molar-refractivity contribution in [2.45, 2.75) is 13.3 Å². The molecule has 0 radical (unpaired) electrons. The summed E-state index contributed by atoms with van der Waals surface area (Å²) in [6, 6.07) is 0. The second-order valence-corrected chi connectivity index (χ2v) is 3.07. The predicted molar refractivity (Wildman–Crippen MR) is 50.4 cm³/mol. The van der Waals surface area contributed by atoms with Crippen LogP contribution in [0, 0.1) is 5.92 Å². The monoisotopic (exact) mass is 181 g/mol. The third kappa shape index (κ3) is 1.95. The Balaban J connectivity index is 2.84. The maximum Gasteiger partial charge on any atom is 0.202 e. The molecule has 0 spiro atoms. The second-order valence-electron chi connectivity index (χ2n) is 3.07. The van der Waals surface area contributed by atoms with Gasteiger partial charge in [0.25, 0.3) is 0 Å². The maximum absolute atomic E-state index is 11.7. The van der Waals surface area contributed by atoms with Crippen LogP contribution in [0.1, 0.15) is 24.0 Å². The van der Waals surface area contributed by atoms with Crippen molar-refractivity contribution in [1.29, 1.82) is 0 Å². The standard InChI is InChI=1S/C9H15N3O/c1-3-7(6-10)8(13)9-11-4-5-12(9)2/h4-5,7H,3,6,10H2,1-2H3. The minimum atomic E-state index is -0.0962. The van der Waals surface area contributed by atoms with Gasteiger partial charge in [0.2, 0.25) is 5.78 Å². The van der Waals surface area contributed by atoms with E-state index in [1.165, 1.54) is 0 Å². The summed E-state index contributed by atoms with van der Waals surface area (Å²) in [4.78, 5) is 15.7. The lowest BCUT2D eigenvalue weighted by Gasteiger charge is -2.09. The van der Waals surface area contributed by atoms with Crippen LogP contribution < -0.4 is 5.73 Å². The van der Waals surface area contributed by atoms with Crippen molar-refractivity contribution in [1.82, 2.24) is 9.55 Å². The molecule has 0 amide bonds. The largest absolute Gasteiger partial charge is 0.332 e. The number of aromatic nitrogens is 2. The van der Waals surface area contributed by atoms with E-state index in [0.717, 1.165) is 6.42 Å². The fraction of sp³-hybridized carbons (Fsp3) is 0.556. The summed E-state index contributed by atoms with van der Waals surface area (Å²) in [5.74, 6) is 0.441. The van der Waals surface area contributed by atoms with Gasteiger partial charge in [0.15, 0.2) is 5.82 Å². The average molecular weight is 181 g/mol. The molecule has 72 valence electrons. The van der Waals surface area contributed by atoms with E-state index < -0.39 is 0 Å². The van der Waals surface area contributed by atoms with Crippen LogP contribution in [-0.2, 0) is 7.05 Å². The average Bonchev–Trinajstić information content (AvgIpc) is 2.53. The van der Waals surface area contributed by atoms with Crippen molar-refractivity contribution in [3.8, 4) is 0 Å². The Bertz CT molecular complexity index is 289. The predicted octanol–water partition coefficient (Wildman–Crippen LogP) is 0.588. The van der Waals surface area contributed by atoms with Crippen LogP contribution in [0.2, 0.25) is 0 Å². The van der Waals surface area contributed by atoms with E-state index in [1.807, 2.05) is 14.0 Å². The summed E-state index contributed by atoms with van der Waals surface area (Å²) in [6.07, 6.45) is 4.15. The first-order valence-electron chi connectivity index (χ1n) is 4.42. The second kappa shape index (κ2) is 4.18. The molecule has 13 heavy (non-hydrogen) atoms. The molecule has 0 aromatic carbocycles. The fourth-order valence-electron chi connectivity index (χ4n) is 1.24. The molecular weight excluding hydrogens is 166 g/mol. The quantitative estimate of drug-likeness (QED) is 0.691. The molecule has 1 aromatic rings.